The molecule has 3 rings (SSSR count). The summed E-state index contributed by atoms with van der Waals surface area (Å²) in [6.45, 7) is 1.89. The van der Waals surface area contributed by atoms with E-state index in [0.29, 0.717) is 18.6 Å². The number of carbonyl (C=O) groups excluding carboxylic acids is 1. The normalized spacial score (nSPS) is 18.6. The predicted octanol–water partition coefficient (Wildman–Crippen LogP) is 2.47. The molecule has 0 radical (unpaired) electrons. The summed E-state index contributed by atoms with van der Waals surface area (Å²) in [5.41, 5.74) is 2.52. The van der Waals surface area contributed by atoms with E-state index in [1.54, 1.807) is 12.1 Å². The summed E-state index contributed by atoms with van der Waals surface area (Å²) in [5.74, 6) is -0.666. The number of esters is 1. The van der Waals surface area contributed by atoms with Gasteiger partial charge >= 0.3 is 5.97 Å². The van der Waals surface area contributed by atoms with Crippen molar-refractivity contribution in [3.63, 3.8) is 0 Å². The number of benzene rings is 1. The van der Waals surface area contributed by atoms with Crippen LogP contribution in [0.5, 0.6) is 0 Å². The van der Waals surface area contributed by atoms with E-state index in [2.05, 4.69) is 9.93 Å². The van der Waals surface area contributed by atoms with Crippen molar-refractivity contribution in [1.29, 1.82) is 0 Å². The largest absolute Gasteiger partial charge is 0.469 e. The van der Waals surface area contributed by atoms with Gasteiger partial charge in [0.25, 0.3) is 10.0 Å². The molecule has 0 aliphatic heterocycles. The zero-order valence-corrected chi connectivity index (χ0v) is 15.5. The van der Waals surface area contributed by atoms with Crippen molar-refractivity contribution >= 4 is 33.0 Å². The van der Waals surface area contributed by atoms with Gasteiger partial charge in [-0.15, -0.1) is 11.3 Å². The van der Waals surface area contributed by atoms with Crippen molar-refractivity contribution < 1.29 is 17.9 Å². The quantitative estimate of drug-likeness (QED) is 0.654. The first kappa shape index (κ1) is 17.6. The molecule has 0 spiro atoms. The Kier molecular flexibility index (Phi) is 4.91. The van der Waals surface area contributed by atoms with Gasteiger partial charge < -0.3 is 4.74 Å². The molecule has 8 heteroatoms. The molecule has 0 saturated carbocycles. The first-order chi connectivity index (χ1) is 11.9. The topological polar surface area (TPSA) is 84.8 Å². The van der Waals surface area contributed by atoms with Crippen LogP contribution in [0.1, 0.15) is 22.4 Å². The van der Waals surface area contributed by atoms with Crippen molar-refractivity contribution in [3.05, 3.63) is 51.7 Å². The Hall–Kier alpha value is -2.19. The highest BCUT2D eigenvalue weighted by molar-refractivity contribution is 7.89. The minimum absolute atomic E-state index is 0.147. The number of thiophene rings is 1. The number of sulfonamides is 1. The molecule has 0 bridgehead atoms. The van der Waals surface area contributed by atoms with Gasteiger partial charge in [-0.1, -0.05) is 17.7 Å². The van der Waals surface area contributed by atoms with Gasteiger partial charge in [0.1, 0.15) is 0 Å². The van der Waals surface area contributed by atoms with Gasteiger partial charge in [-0.05, 0) is 42.5 Å². The van der Waals surface area contributed by atoms with Crippen molar-refractivity contribution in [2.45, 2.75) is 24.7 Å². The number of aryl methyl sites for hydroxylation is 1. The lowest BCUT2D eigenvalue weighted by Gasteiger charge is -2.21. The Labute approximate surface area is 150 Å². The van der Waals surface area contributed by atoms with Gasteiger partial charge in [0.2, 0.25) is 0 Å². The number of hydrogen-bond acceptors (Lipinski definition) is 6. The zero-order valence-electron chi connectivity index (χ0n) is 13.9. The monoisotopic (exact) mass is 378 g/mol. The van der Waals surface area contributed by atoms with Gasteiger partial charge in [-0.25, -0.2) is 0 Å². The number of methoxy groups -OCH3 is 1. The maximum Gasteiger partial charge on any atom is 0.309 e. The van der Waals surface area contributed by atoms with E-state index in [9.17, 15) is 13.2 Å². The molecule has 0 saturated heterocycles. The van der Waals surface area contributed by atoms with Crippen LogP contribution in [-0.2, 0) is 26.0 Å². The molecule has 1 aromatic heterocycles. The number of fused-ring (bicyclic) bond motifs is 1. The smallest absolute Gasteiger partial charge is 0.309 e. The Balaban J connectivity index is 1.87. The van der Waals surface area contributed by atoms with E-state index in [0.717, 1.165) is 16.0 Å². The summed E-state index contributed by atoms with van der Waals surface area (Å²) in [5, 5.41) is 6.03. The second-order valence-electron chi connectivity index (χ2n) is 5.87. The van der Waals surface area contributed by atoms with E-state index < -0.39 is 10.0 Å². The molecule has 6 nitrogen and oxygen atoms in total. The molecule has 1 N–H and O–H groups in total. The average Bonchev–Trinajstić information content (AvgIpc) is 3.08. The highest BCUT2D eigenvalue weighted by Gasteiger charge is 2.30. The van der Waals surface area contributed by atoms with E-state index in [-0.39, 0.29) is 16.8 Å². The molecule has 132 valence electrons. The first-order valence-corrected chi connectivity index (χ1v) is 10.1. The summed E-state index contributed by atoms with van der Waals surface area (Å²) < 4.78 is 29.6. The van der Waals surface area contributed by atoms with Crippen LogP contribution in [0.15, 0.2) is 45.7 Å². The van der Waals surface area contributed by atoms with E-state index in [1.807, 2.05) is 18.4 Å². The molecule has 0 fully saturated rings. The van der Waals surface area contributed by atoms with E-state index in [1.165, 1.54) is 30.6 Å². The summed E-state index contributed by atoms with van der Waals surface area (Å²) in [6.07, 6.45) is 0.922. The number of hydrazone groups is 1. The second kappa shape index (κ2) is 6.97. The maximum absolute atomic E-state index is 12.4. The van der Waals surface area contributed by atoms with E-state index in [4.69, 9.17) is 4.74 Å². The van der Waals surface area contributed by atoms with Crippen LogP contribution in [0.3, 0.4) is 0 Å². The standard InChI is InChI=1S/C17H18N2O4S2/c1-11-3-5-14(6-4-11)25(21,22)19-18-15-10-13(17(20)23-2)9-12-7-8-24-16(12)15/h3-8,13,19H,9-10H2,1-2H3/b18-15-/t13-/m1/s1. The van der Waals surface area contributed by atoms with Crippen LogP contribution in [0, 0.1) is 12.8 Å². The van der Waals surface area contributed by atoms with Crippen LogP contribution in [0.2, 0.25) is 0 Å². The minimum atomic E-state index is -3.75. The van der Waals surface area contributed by atoms with Gasteiger partial charge in [-0.2, -0.15) is 18.4 Å². The third-order valence-electron chi connectivity index (χ3n) is 4.08. The van der Waals surface area contributed by atoms with Crippen molar-refractivity contribution in [3.8, 4) is 0 Å². The maximum atomic E-state index is 12.4. The molecule has 2 aromatic rings. The summed E-state index contributed by atoms with van der Waals surface area (Å²) in [6, 6.07) is 8.46. The van der Waals surface area contributed by atoms with Crippen LogP contribution in [0.4, 0.5) is 0 Å². The van der Waals surface area contributed by atoms with Crippen molar-refractivity contribution in [2.24, 2.45) is 11.0 Å². The van der Waals surface area contributed by atoms with Gasteiger partial charge in [-0.3, -0.25) is 4.79 Å². The summed E-state index contributed by atoms with van der Waals surface area (Å²) >= 11 is 1.49. The lowest BCUT2D eigenvalue weighted by Crippen LogP contribution is -2.29. The molecule has 1 heterocycles. The fourth-order valence-electron chi connectivity index (χ4n) is 2.73. The number of rotatable bonds is 4. The fourth-order valence-corrected chi connectivity index (χ4v) is 4.49. The lowest BCUT2D eigenvalue weighted by atomic mass is 9.87. The number of hydrogen-bond donors (Lipinski definition) is 1. The summed E-state index contributed by atoms with van der Waals surface area (Å²) in [4.78, 5) is 15.2. The van der Waals surface area contributed by atoms with Crippen molar-refractivity contribution in [1.82, 2.24) is 4.83 Å². The predicted molar refractivity (Wildman–Crippen MR) is 96.2 cm³/mol. The average molecular weight is 378 g/mol. The van der Waals surface area contributed by atoms with Crippen LogP contribution >= 0.6 is 11.3 Å². The number of nitrogens with one attached hydrogen (secondary N) is 1. The molecule has 0 unspecified atom stereocenters. The van der Waals surface area contributed by atoms with Gasteiger partial charge in [0.05, 0.1) is 28.5 Å². The molecule has 0 amide bonds. The van der Waals surface area contributed by atoms with Crippen LogP contribution in [-0.4, -0.2) is 27.2 Å². The van der Waals surface area contributed by atoms with Crippen LogP contribution in [0.25, 0.3) is 0 Å². The Morgan fingerprint density at radius 1 is 1.24 bits per heavy atom. The number of ether oxygens (including phenoxy) is 1. The molecule has 1 aliphatic carbocycles. The molecular weight excluding hydrogens is 360 g/mol. The summed E-state index contributed by atoms with van der Waals surface area (Å²) in [7, 11) is -2.40. The van der Waals surface area contributed by atoms with E-state index >= 15 is 0 Å². The van der Waals surface area contributed by atoms with Gasteiger partial charge in [0, 0.05) is 6.42 Å². The Morgan fingerprint density at radius 2 is 1.96 bits per heavy atom. The molecule has 1 aromatic carbocycles. The van der Waals surface area contributed by atoms with Crippen molar-refractivity contribution in [2.75, 3.05) is 7.11 Å². The molecule has 1 aliphatic rings. The molecule has 1 atom stereocenters. The first-order valence-electron chi connectivity index (χ1n) is 7.70. The second-order valence-corrected chi connectivity index (χ2v) is 8.45. The Morgan fingerprint density at radius 3 is 2.64 bits per heavy atom. The Bertz CT molecular complexity index is 914. The lowest BCUT2D eigenvalue weighted by molar-refractivity contribution is -0.145. The number of carbonyl (C=O) groups is 1. The molecular formula is C17H18N2O4S2. The molecule has 25 heavy (non-hydrogen) atoms. The number of nitrogens with zero attached hydrogens (tertiary/aromatic N) is 1. The fraction of sp³-hybridized carbons (Fsp3) is 0.294. The third kappa shape index (κ3) is 3.74. The highest BCUT2D eigenvalue weighted by Crippen LogP contribution is 2.30. The zero-order chi connectivity index (χ0) is 18.0. The third-order valence-corrected chi connectivity index (χ3v) is 6.31. The minimum Gasteiger partial charge on any atom is -0.469 e. The highest BCUT2D eigenvalue weighted by atomic mass is 32.2. The SMILES string of the molecule is COC(=O)[C@H]1C/C(=N/NS(=O)(=O)c2ccc(C)cc2)c2sccc2C1. The van der Waals surface area contributed by atoms with Crippen LogP contribution < -0.4 is 4.83 Å². The van der Waals surface area contributed by atoms with Gasteiger partial charge in [0.15, 0.2) is 0 Å².